The first-order chi connectivity index (χ1) is 4.79. The van der Waals surface area contributed by atoms with Crippen molar-refractivity contribution >= 4 is 16.9 Å². The third-order valence-corrected chi connectivity index (χ3v) is 4.08. The fourth-order valence-corrected chi connectivity index (χ4v) is 3.28. The lowest BCUT2D eigenvalue weighted by molar-refractivity contribution is -0.133. The minimum absolute atomic E-state index is 0. The van der Waals surface area contributed by atoms with E-state index in [4.69, 9.17) is 5.11 Å². The number of carboxylic acid groups (broad SMARTS) is 1. The maximum absolute atomic E-state index is 10.3. The van der Waals surface area contributed by atoms with Crippen molar-refractivity contribution in [2.45, 2.75) is 19.3 Å². The molecule has 4 heteroatoms. The number of aliphatic carboxylic acids is 1. The van der Waals surface area contributed by atoms with Gasteiger partial charge in [-0.15, -0.1) is 0 Å². The molecule has 66 valence electrons. The Morgan fingerprint density at radius 3 is 2.27 bits per heavy atom. The molecule has 1 heterocycles. The van der Waals surface area contributed by atoms with E-state index in [9.17, 15) is 4.79 Å². The summed E-state index contributed by atoms with van der Waals surface area (Å²) in [5.41, 5.74) is 0. The zero-order valence-corrected chi connectivity index (χ0v) is 8.79. The normalized spacial score (nSPS) is 18.9. The van der Waals surface area contributed by atoms with E-state index in [-0.39, 0.29) is 27.9 Å². The Morgan fingerprint density at radius 1 is 1.27 bits per heavy atom. The number of halogens is 1. The average molecular weight is 241 g/mol. The maximum atomic E-state index is 10.3. The lowest BCUT2D eigenvalue weighted by Crippen LogP contribution is -3.00. The van der Waals surface area contributed by atoms with Gasteiger partial charge in [-0.3, -0.25) is 0 Å². The van der Waals surface area contributed by atoms with E-state index in [1.807, 2.05) is 0 Å². The van der Waals surface area contributed by atoms with E-state index >= 15 is 0 Å². The SMILES string of the molecule is O=C(O)C[S+]1CCCCC1.[Br-]. The Balaban J connectivity index is 0.000001000. The molecule has 0 aromatic heterocycles. The second-order valence-corrected chi connectivity index (χ2v) is 4.95. The van der Waals surface area contributed by atoms with E-state index in [0.29, 0.717) is 5.75 Å². The van der Waals surface area contributed by atoms with Gasteiger partial charge in [0.1, 0.15) is 11.5 Å². The molecule has 2 nitrogen and oxygen atoms in total. The van der Waals surface area contributed by atoms with E-state index in [2.05, 4.69) is 0 Å². The molecule has 1 aliphatic heterocycles. The van der Waals surface area contributed by atoms with Gasteiger partial charge in [-0.1, -0.05) is 0 Å². The Bertz CT molecular complexity index is 124. The van der Waals surface area contributed by atoms with Crippen LogP contribution in [-0.2, 0) is 15.7 Å². The van der Waals surface area contributed by atoms with Gasteiger partial charge in [0.25, 0.3) is 0 Å². The lowest BCUT2D eigenvalue weighted by atomic mass is 10.3. The van der Waals surface area contributed by atoms with Crippen molar-refractivity contribution in [3.8, 4) is 0 Å². The quantitative estimate of drug-likeness (QED) is 0.561. The summed E-state index contributed by atoms with van der Waals surface area (Å²) in [4.78, 5) is 10.3. The van der Waals surface area contributed by atoms with E-state index in [0.717, 1.165) is 11.5 Å². The molecule has 11 heavy (non-hydrogen) atoms. The molecule has 1 saturated heterocycles. The Kier molecular flexibility index (Phi) is 6.05. The Hall–Kier alpha value is 0.300. The molecule has 0 amide bonds. The molecule has 0 aromatic rings. The van der Waals surface area contributed by atoms with Crippen molar-refractivity contribution < 1.29 is 26.9 Å². The van der Waals surface area contributed by atoms with Crippen molar-refractivity contribution in [1.29, 1.82) is 0 Å². The molecule has 1 fully saturated rings. The van der Waals surface area contributed by atoms with Gasteiger partial charge in [0.05, 0.1) is 0 Å². The van der Waals surface area contributed by atoms with Crippen LogP contribution in [0.4, 0.5) is 0 Å². The highest BCUT2D eigenvalue weighted by Crippen LogP contribution is 2.13. The smallest absolute Gasteiger partial charge is 0.353 e. The first-order valence-electron chi connectivity index (χ1n) is 3.65. The molecule has 0 aliphatic carbocycles. The van der Waals surface area contributed by atoms with Crippen molar-refractivity contribution in [2.24, 2.45) is 0 Å². The van der Waals surface area contributed by atoms with Gasteiger partial charge in [-0.2, -0.15) is 0 Å². The molecule has 0 saturated carbocycles. The third kappa shape index (κ3) is 4.69. The van der Waals surface area contributed by atoms with Crippen LogP contribution in [0.15, 0.2) is 0 Å². The van der Waals surface area contributed by atoms with Gasteiger partial charge >= 0.3 is 5.97 Å². The Labute approximate surface area is 80.5 Å². The molecule has 1 N–H and O–H groups in total. The summed E-state index contributed by atoms with van der Waals surface area (Å²) in [6, 6.07) is 0. The molecule has 1 rings (SSSR count). The third-order valence-electron chi connectivity index (χ3n) is 1.69. The van der Waals surface area contributed by atoms with Crippen LogP contribution >= 0.6 is 0 Å². The maximum Gasteiger partial charge on any atom is 0.353 e. The molecular formula is C7H13BrO2S. The molecule has 0 atom stereocenters. The van der Waals surface area contributed by atoms with Gasteiger partial charge in [-0.25, -0.2) is 4.79 Å². The standard InChI is InChI=1S/C7H12O2S.BrH/c8-7(9)6-10-4-2-1-3-5-10;/h1-6H2;1H. The van der Waals surface area contributed by atoms with Crippen LogP contribution in [0.3, 0.4) is 0 Å². The van der Waals surface area contributed by atoms with Gasteiger partial charge in [0.15, 0.2) is 0 Å². The lowest BCUT2D eigenvalue weighted by Gasteiger charge is -2.10. The summed E-state index contributed by atoms with van der Waals surface area (Å²) in [7, 11) is 0.226. The first-order valence-corrected chi connectivity index (χ1v) is 5.38. The summed E-state index contributed by atoms with van der Waals surface area (Å²) in [6.07, 6.45) is 3.80. The second kappa shape index (κ2) is 5.89. The predicted octanol–water partition coefficient (Wildman–Crippen LogP) is -2.12. The minimum Gasteiger partial charge on any atom is -1.00 e. The number of carbonyl (C=O) groups is 1. The summed E-state index contributed by atoms with van der Waals surface area (Å²) in [5, 5.41) is 8.47. The van der Waals surface area contributed by atoms with Crippen LogP contribution in [0.5, 0.6) is 0 Å². The number of hydrogen-bond donors (Lipinski definition) is 1. The van der Waals surface area contributed by atoms with Crippen molar-refractivity contribution in [2.75, 3.05) is 17.3 Å². The average Bonchev–Trinajstić information content (AvgIpc) is 1.88. The van der Waals surface area contributed by atoms with Crippen LogP contribution in [0.1, 0.15) is 19.3 Å². The first kappa shape index (κ1) is 11.3. The van der Waals surface area contributed by atoms with Crippen LogP contribution in [0, 0.1) is 0 Å². The van der Waals surface area contributed by atoms with E-state index in [1.165, 1.54) is 19.3 Å². The number of rotatable bonds is 2. The fourth-order valence-electron chi connectivity index (χ4n) is 1.21. The second-order valence-electron chi connectivity index (χ2n) is 2.62. The largest absolute Gasteiger partial charge is 1.00 e. The summed E-state index contributed by atoms with van der Waals surface area (Å²) < 4.78 is 0. The highest BCUT2D eigenvalue weighted by molar-refractivity contribution is 7.97. The van der Waals surface area contributed by atoms with Crippen molar-refractivity contribution in [3.63, 3.8) is 0 Å². The van der Waals surface area contributed by atoms with E-state index < -0.39 is 5.97 Å². The van der Waals surface area contributed by atoms with Crippen molar-refractivity contribution in [1.82, 2.24) is 0 Å². The monoisotopic (exact) mass is 240 g/mol. The van der Waals surface area contributed by atoms with E-state index in [1.54, 1.807) is 0 Å². The Morgan fingerprint density at radius 2 is 1.82 bits per heavy atom. The molecule has 0 spiro atoms. The molecule has 0 radical (unpaired) electrons. The zero-order valence-electron chi connectivity index (χ0n) is 6.38. The summed E-state index contributed by atoms with van der Waals surface area (Å²) in [6.45, 7) is 0. The summed E-state index contributed by atoms with van der Waals surface area (Å²) >= 11 is 0. The molecule has 1 aliphatic rings. The van der Waals surface area contributed by atoms with Gasteiger partial charge in [0.2, 0.25) is 5.75 Å². The van der Waals surface area contributed by atoms with Crippen LogP contribution in [0.2, 0.25) is 0 Å². The highest BCUT2D eigenvalue weighted by Gasteiger charge is 2.24. The fraction of sp³-hybridized carbons (Fsp3) is 0.857. The van der Waals surface area contributed by atoms with Crippen LogP contribution in [0.25, 0.3) is 0 Å². The predicted molar refractivity (Wildman–Crippen MR) is 43.5 cm³/mol. The minimum atomic E-state index is -0.620. The molecule has 0 aromatic carbocycles. The highest BCUT2D eigenvalue weighted by atomic mass is 79.9. The van der Waals surface area contributed by atoms with Crippen LogP contribution in [-0.4, -0.2) is 28.3 Å². The number of hydrogen-bond acceptors (Lipinski definition) is 1. The van der Waals surface area contributed by atoms with Crippen molar-refractivity contribution in [3.05, 3.63) is 0 Å². The van der Waals surface area contributed by atoms with Crippen LogP contribution < -0.4 is 17.0 Å². The van der Waals surface area contributed by atoms with Gasteiger partial charge in [-0.05, 0) is 30.2 Å². The van der Waals surface area contributed by atoms with Gasteiger partial charge in [0, 0.05) is 0 Å². The topological polar surface area (TPSA) is 37.3 Å². The molecule has 0 bridgehead atoms. The van der Waals surface area contributed by atoms with Gasteiger partial charge < -0.3 is 22.1 Å². The zero-order chi connectivity index (χ0) is 7.40. The molecule has 0 unspecified atom stereocenters. The molecular weight excluding hydrogens is 228 g/mol. The summed E-state index contributed by atoms with van der Waals surface area (Å²) in [5.74, 6) is 2.11. The number of carboxylic acids is 1.